The van der Waals surface area contributed by atoms with E-state index in [-0.39, 0.29) is 35.6 Å². The molecule has 0 radical (unpaired) electrons. The van der Waals surface area contributed by atoms with E-state index in [0.717, 1.165) is 0 Å². The standard InChI is InChI=1S/C21H25.C20H15.C13H10.2ClH.Zr/c1-20(2,3)16-7-9-18-14(12-16)11-15-13-17(21(4,5)6)8-10-19(15)18;1-14-12-16-8-5-11-19(20(16)13-14)18-10-4-7-15-6-2-3-9-17(15)18;1-3-7-12(8-4-1)11-13-9-5-2-6-10-13;;;/h7-13H,1-6H3;2-13H,1H3;1-10H;2*1H;/q;;;;;+2/p-2. The van der Waals surface area contributed by atoms with Crippen molar-refractivity contribution in [3.63, 3.8) is 0 Å². The van der Waals surface area contributed by atoms with Crippen molar-refractivity contribution in [3.8, 4) is 22.3 Å². The second kappa shape index (κ2) is 15.9. The summed E-state index contributed by atoms with van der Waals surface area (Å²) in [7, 11) is 0. The molecule has 9 rings (SSSR count). The molecule has 0 amide bonds. The minimum atomic E-state index is -3.08. The molecular formula is C54H50Cl2Zr. The topological polar surface area (TPSA) is 0 Å². The molecule has 2 aliphatic rings. The summed E-state index contributed by atoms with van der Waals surface area (Å²) < 4.78 is 2.28. The first-order valence-corrected chi connectivity index (χ1v) is 24.0. The van der Waals surface area contributed by atoms with E-state index in [9.17, 15) is 0 Å². The molecule has 0 N–H and O–H groups in total. The second-order valence-corrected chi connectivity index (χ2v) is 24.1. The van der Waals surface area contributed by atoms with Gasteiger partial charge in [-0.3, -0.25) is 0 Å². The van der Waals surface area contributed by atoms with Crippen LogP contribution >= 0.6 is 0 Å². The van der Waals surface area contributed by atoms with Gasteiger partial charge in [-0.1, -0.05) is 0 Å². The number of hydrogen-bond donors (Lipinski definition) is 0. The van der Waals surface area contributed by atoms with Crippen LogP contribution in [0.25, 0.3) is 39.1 Å². The van der Waals surface area contributed by atoms with Crippen molar-refractivity contribution in [1.82, 2.24) is 0 Å². The molecule has 7 aromatic carbocycles. The van der Waals surface area contributed by atoms with Gasteiger partial charge in [0.25, 0.3) is 0 Å². The third-order valence-corrected chi connectivity index (χ3v) is 21.4. The summed E-state index contributed by atoms with van der Waals surface area (Å²) in [5.74, 6) is 0. The second-order valence-electron chi connectivity index (χ2n) is 17.8. The summed E-state index contributed by atoms with van der Waals surface area (Å²) >= 11 is -3.08. The first kappa shape index (κ1) is 41.0. The minimum Gasteiger partial charge on any atom is -1.00 e. The van der Waals surface area contributed by atoms with Crippen LogP contribution in [0.3, 0.4) is 0 Å². The summed E-state index contributed by atoms with van der Waals surface area (Å²) in [6.07, 6.45) is 2.57. The Bertz CT molecular complexity index is 2560. The first-order valence-electron chi connectivity index (χ1n) is 19.9. The molecule has 0 saturated carbocycles. The number of rotatable bonds is 5. The zero-order chi connectivity index (χ0) is 38.1. The van der Waals surface area contributed by atoms with E-state index in [0.29, 0.717) is 7.25 Å². The Hall–Kier alpha value is -4.13. The number of halogens is 2. The van der Waals surface area contributed by atoms with E-state index in [1.807, 2.05) is 0 Å². The van der Waals surface area contributed by atoms with Crippen molar-refractivity contribution in [3.05, 3.63) is 208 Å². The third-order valence-electron chi connectivity index (χ3n) is 12.1. The Kier molecular flexibility index (Phi) is 11.5. The van der Waals surface area contributed by atoms with Gasteiger partial charge in [0.1, 0.15) is 0 Å². The van der Waals surface area contributed by atoms with Gasteiger partial charge in [-0.05, 0) is 0 Å². The Labute approximate surface area is 360 Å². The Balaban J connectivity index is 0.00000248. The van der Waals surface area contributed by atoms with Gasteiger partial charge in [0, 0.05) is 0 Å². The molecule has 57 heavy (non-hydrogen) atoms. The van der Waals surface area contributed by atoms with Crippen LogP contribution in [-0.4, -0.2) is 3.21 Å². The van der Waals surface area contributed by atoms with Crippen molar-refractivity contribution in [2.45, 2.75) is 66.5 Å². The van der Waals surface area contributed by atoms with E-state index in [1.54, 1.807) is 14.3 Å². The number of benzene rings is 7. The normalized spacial score (nSPS) is 14.4. The molecule has 0 spiro atoms. The largest absolute Gasteiger partial charge is 1.00 e. The Morgan fingerprint density at radius 1 is 0.456 bits per heavy atom. The van der Waals surface area contributed by atoms with Crippen molar-refractivity contribution in [2.24, 2.45) is 0 Å². The predicted molar refractivity (Wildman–Crippen MR) is 233 cm³/mol. The van der Waals surface area contributed by atoms with Crippen LogP contribution in [0.5, 0.6) is 0 Å². The monoisotopic (exact) mass is 858 g/mol. The molecule has 0 aliphatic heterocycles. The number of fused-ring (bicyclic) bond motifs is 5. The van der Waals surface area contributed by atoms with E-state index in [4.69, 9.17) is 0 Å². The zero-order valence-corrected chi connectivity index (χ0v) is 38.0. The molecule has 0 aromatic heterocycles. The maximum Gasteiger partial charge on any atom is -1.00 e. The fourth-order valence-corrected chi connectivity index (χ4v) is 19.7. The maximum absolute atomic E-state index is 3.08. The molecule has 0 heterocycles. The molecule has 0 fully saturated rings. The van der Waals surface area contributed by atoms with E-state index < -0.39 is 21.3 Å². The maximum atomic E-state index is 2.62. The van der Waals surface area contributed by atoms with E-state index >= 15 is 0 Å². The van der Waals surface area contributed by atoms with Gasteiger partial charge in [-0.15, -0.1) is 0 Å². The summed E-state index contributed by atoms with van der Waals surface area (Å²) in [6.45, 7) is 16.6. The summed E-state index contributed by atoms with van der Waals surface area (Å²) in [5, 5.41) is 2.60. The molecule has 7 aromatic rings. The summed E-state index contributed by atoms with van der Waals surface area (Å²) in [4.78, 5) is 0. The Morgan fingerprint density at radius 2 is 0.947 bits per heavy atom. The van der Waals surface area contributed by atoms with Crippen LogP contribution in [0.2, 0.25) is 0 Å². The average Bonchev–Trinajstić information content (AvgIpc) is 3.70. The zero-order valence-electron chi connectivity index (χ0n) is 34.0. The van der Waals surface area contributed by atoms with Gasteiger partial charge < -0.3 is 24.8 Å². The van der Waals surface area contributed by atoms with Crippen LogP contribution in [0.15, 0.2) is 163 Å². The molecule has 0 saturated heterocycles. The first-order chi connectivity index (χ1) is 26.5. The van der Waals surface area contributed by atoms with Crippen LogP contribution in [0, 0.1) is 0 Å². The van der Waals surface area contributed by atoms with Crippen LogP contribution in [0.1, 0.15) is 100 Å². The molecule has 1 atom stereocenters. The smallest absolute Gasteiger partial charge is 1.00 e. The molecule has 3 heteroatoms. The summed E-state index contributed by atoms with van der Waals surface area (Å²) in [6, 6.07) is 60.7. The SMILES string of the molecule is CC1=Cc2c(-c3cccc4ccccc34)cccc2[CH]1[Zr+2](=[C](c1ccccc1)c1ccccc1)[CH]1c2cc(C(C)(C)C)ccc2-c2ccc(C(C)(C)C)cc21.[Cl-].[Cl-]. The van der Waals surface area contributed by atoms with Gasteiger partial charge in [0.2, 0.25) is 0 Å². The Morgan fingerprint density at radius 3 is 1.51 bits per heavy atom. The summed E-state index contributed by atoms with van der Waals surface area (Å²) in [5.41, 5.74) is 18.7. The van der Waals surface area contributed by atoms with Gasteiger partial charge in [0.05, 0.1) is 0 Å². The van der Waals surface area contributed by atoms with Crippen molar-refractivity contribution < 1.29 is 46.1 Å². The van der Waals surface area contributed by atoms with Crippen molar-refractivity contribution >= 4 is 20.1 Å². The molecule has 0 bridgehead atoms. The van der Waals surface area contributed by atoms with Crippen molar-refractivity contribution in [1.29, 1.82) is 0 Å². The van der Waals surface area contributed by atoms with Gasteiger partial charge >= 0.3 is 338 Å². The number of allylic oxidation sites excluding steroid dienone is 1. The fourth-order valence-electron chi connectivity index (χ4n) is 9.35. The molecule has 2 aliphatic carbocycles. The van der Waals surface area contributed by atoms with E-state index in [2.05, 4.69) is 212 Å². The van der Waals surface area contributed by atoms with E-state index in [1.165, 1.54) is 72.0 Å². The quantitative estimate of drug-likeness (QED) is 0.164. The molecule has 1 unspecified atom stereocenters. The molecule has 284 valence electrons. The van der Waals surface area contributed by atoms with Gasteiger partial charge in [-0.25, -0.2) is 0 Å². The van der Waals surface area contributed by atoms with Crippen molar-refractivity contribution in [2.75, 3.05) is 0 Å². The van der Waals surface area contributed by atoms with Crippen LogP contribution < -0.4 is 24.8 Å². The fraction of sp³-hybridized carbons (Fsp3) is 0.204. The molecule has 0 nitrogen and oxygen atoms in total. The van der Waals surface area contributed by atoms with Gasteiger partial charge in [-0.2, -0.15) is 0 Å². The predicted octanol–water partition coefficient (Wildman–Crippen LogP) is 8.23. The van der Waals surface area contributed by atoms with Gasteiger partial charge in [0.15, 0.2) is 0 Å². The van der Waals surface area contributed by atoms with Crippen LogP contribution in [0.4, 0.5) is 0 Å². The minimum absolute atomic E-state index is 0. The number of hydrogen-bond acceptors (Lipinski definition) is 0. The third kappa shape index (κ3) is 7.31. The average molecular weight is 861 g/mol. The van der Waals surface area contributed by atoms with Crippen LogP contribution in [-0.2, 0) is 32.1 Å². The molecular weight excluding hydrogens is 811 g/mol.